The highest BCUT2D eigenvalue weighted by Gasteiger charge is 2.18. The summed E-state index contributed by atoms with van der Waals surface area (Å²) in [6.45, 7) is 0. The van der Waals surface area contributed by atoms with Crippen LogP contribution in [0.4, 0.5) is 0 Å². The summed E-state index contributed by atoms with van der Waals surface area (Å²) in [7, 11) is -7.46. The molecule has 0 bridgehead atoms. The predicted octanol–water partition coefficient (Wildman–Crippen LogP) is 0.350. The van der Waals surface area contributed by atoms with Gasteiger partial charge in [-0.1, -0.05) is 18.2 Å². The van der Waals surface area contributed by atoms with Crippen molar-refractivity contribution in [1.82, 2.24) is 10.2 Å². The molecule has 24 heavy (non-hydrogen) atoms. The predicted molar refractivity (Wildman–Crippen MR) is 90.8 cm³/mol. The van der Waals surface area contributed by atoms with Crippen LogP contribution in [0.1, 0.15) is 20.7 Å². The molecular formula is C12H16N6O4P2. The first-order valence-electron chi connectivity index (χ1n) is 6.49. The Morgan fingerprint density at radius 3 is 2.00 bits per heavy atom. The van der Waals surface area contributed by atoms with Crippen LogP contribution in [0.15, 0.2) is 36.4 Å². The van der Waals surface area contributed by atoms with Crippen molar-refractivity contribution in [3.8, 4) is 0 Å². The molecule has 0 aliphatic rings. The molecule has 128 valence electrons. The molecular weight excluding hydrogens is 354 g/mol. The van der Waals surface area contributed by atoms with E-state index in [1.165, 1.54) is 24.3 Å². The summed E-state index contributed by atoms with van der Waals surface area (Å²) in [5.74, 6) is -1.42. The van der Waals surface area contributed by atoms with Crippen LogP contribution in [0.25, 0.3) is 10.8 Å². The number of hydrogen-bond donors (Lipinski definition) is 6. The molecule has 10 N–H and O–H groups in total. The Kier molecular flexibility index (Phi) is 4.91. The van der Waals surface area contributed by atoms with Gasteiger partial charge in [0.05, 0.1) is 0 Å². The number of carbonyl (C=O) groups is 2. The van der Waals surface area contributed by atoms with Crippen LogP contribution in [0.2, 0.25) is 0 Å². The number of nitrogens with one attached hydrogen (secondary N) is 2. The number of carbonyl (C=O) groups excluding carboxylic acids is 2. The van der Waals surface area contributed by atoms with Gasteiger partial charge >= 0.3 is 15.2 Å². The summed E-state index contributed by atoms with van der Waals surface area (Å²) in [5, 5.41) is 5.02. The molecule has 0 unspecified atom stereocenters. The van der Waals surface area contributed by atoms with Crippen LogP contribution in [-0.4, -0.2) is 11.8 Å². The van der Waals surface area contributed by atoms with Crippen LogP contribution in [0.3, 0.4) is 0 Å². The van der Waals surface area contributed by atoms with Gasteiger partial charge in [-0.15, -0.1) is 0 Å². The fourth-order valence-corrected chi connectivity index (χ4v) is 2.95. The summed E-state index contributed by atoms with van der Waals surface area (Å²) in [6, 6.07) is 9.05. The molecule has 0 atom stereocenters. The normalized spacial score (nSPS) is 12.0. The van der Waals surface area contributed by atoms with E-state index in [-0.39, 0.29) is 11.1 Å². The molecule has 0 aliphatic carbocycles. The molecule has 2 aromatic carbocycles. The quantitative estimate of drug-likeness (QED) is 0.414. The molecule has 0 fully saturated rings. The molecule has 0 radical (unpaired) electrons. The number of amides is 2. The standard InChI is InChI=1S/C12H16N6O4P2/c13-23(14,21)17-11(19)8-4-5-9-7(6-8)2-1-3-10(9)12(20)18-24(15,16)22/h1-6H,(H5,13,14,17,19,21)(H5,15,16,18,20,22). The summed E-state index contributed by atoms with van der Waals surface area (Å²) < 4.78 is 22.6. The largest absolute Gasteiger partial charge is 0.300 e. The lowest BCUT2D eigenvalue weighted by Gasteiger charge is -2.12. The van der Waals surface area contributed by atoms with Gasteiger partial charge in [-0.25, -0.2) is 0 Å². The molecule has 10 nitrogen and oxygen atoms in total. The van der Waals surface area contributed by atoms with Crippen molar-refractivity contribution in [1.29, 1.82) is 0 Å². The van der Waals surface area contributed by atoms with Crippen molar-refractivity contribution in [2.24, 2.45) is 22.0 Å². The van der Waals surface area contributed by atoms with Crippen molar-refractivity contribution >= 4 is 37.8 Å². The minimum Gasteiger partial charge on any atom is -0.279 e. The van der Waals surface area contributed by atoms with Crippen LogP contribution in [0, 0.1) is 0 Å². The van der Waals surface area contributed by atoms with E-state index >= 15 is 0 Å². The maximum absolute atomic E-state index is 12.1. The third-order valence-corrected chi connectivity index (χ3v) is 4.04. The van der Waals surface area contributed by atoms with Gasteiger partial charge in [0.25, 0.3) is 11.8 Å². The Labute approximate surface area is 137 Å². The first-order valence-corrected chi connectivity index (χ1v) is 10.2. The summed E-state index contributed by atoms with van der Waals surface area (Å²) in [6.07, 6.45) is 0. The Hall–Kier alpha value is -2.06. The van der Waals surface area contributed by atoms with E-state index < -0.39 is 27.0 Å². The zero-order valence-corrected chi connectivity index (χ0v) is 14.1. The maximum Gasteiger partial charge on any atom is 0.300 e. The topological polar surface area (TPSA) is 196 Å². The highest BCUT2D eigenvalue weighted by molar-refractivity contribution is 7.58. The fraction of sp³-hybridized carbons (Fsp3) is 0. The molecule has 0 aliphatic heterocycles. The maximum atomic E-state index is 12.1. The molecule has 2 amide bonds. The number of benzene rings is 2. The van der Waals surface area contributed by atoms with E-state index in [2.05, 4.69) is 0 Å². The van der Waals surface area contributed by atoms with E-state index in [1.807, 2.05) is 10.2 Å². The van der Waals surface area contributed by atoms with Crippen molar-refractivity contribution in [3.63, 3.8) is 0 Å². The monoisotopic (exact) mass is 370 g/mol. The van der Waals surface area contributed by atoms with Gasteiger partial charge in [-0.05, 0) is 29.0 Å². The third-order valence-electron chi connectivity index (χ3n) is 2.94. The second kappa shape index (κ2) is 6.45. The average Bonchev–Trinajstić information content (AvgIpc) is 2.42. The van der Waals surface area contributed by atoms with Crippen LogP contribution in [-0.2, 0) is 9.13 Å². The minimum absolute atomic E-state index is 0.152. The van der Waals surface area contributed by atoms with E-state index in [9.17, 15) is 18.7 Å². The van der Waals surface area contributed by atoms with Crippen molar-refractivity contribution in [3.05, 3.63) is 47.5 Å². The van der Waals surface area contributed by atoms with Gasteiger partial charge in [0.1, 0.15) is 0 Å². The minimum atomic E-state index is -3.74. The SMILES string of the molecule is NP(N)(=O)NC(=O)c1ccc2c(C(=O)NP(N)(N)=O)cccc2c1. The Morgan fingerprint density at radius 1 is 0.833 bits per heavy atom. The van der Waals surface area contributed by atoms with Crippen LogP contribution < -0.4 is 32.2 Å². The average molecular weight is 370 g/mol. The van der Waals surface area contributed by atoms with Gasteiger partial charge in [0, 0.05) is 11.1 Å². The van der Waals surface area contributed by atoms with Gasteiger partial charge < -0.3 is 0 Å². The first kappa shape index (κ1) is 18.3. The lowest BCUT2D eigenvalue weighted by molar-refractivity contribution is 0.0973. The zero-order valence-electron chi connectivity index (χ0n) is 12.3. The Morgan fingerprint density at radius 2 is 1.42 bits per heavy atom. The number of fused-ring (bicyclic) bond motifs is 1. The summed E-state index contributed by atoms with van der Waals surface area (Å²) in [5.41, 5.74) is 20.8. The number of hydrogen-bond acceptors (Lipinski definition) is 4. The highest BCUT2D eigenvalue weighted by Crippen LogP contribution is 2.25. The Balaban J connectivity index is 2.42. The molecule has 0 aromatic heterocycles. The fourth-order valence-electron chi connectivity index (χ4n) is 2.07. The summed E-state index contributed by atoms with van der Waals surface area (Å²) in [4.78, 5) is 24.0. The van der Waals surface area contributed by atoms with Gasteiger partial charge in [0.15, 0.2) is 0 Å². The van der Waals surface area contributed by atoms with Crippen molar-refractivity contribution in [2.45, 2.75) is 0 Å². The molecule has 2 aromatic rings. The van der Waals surface area contributed by atoms with Gasteiger partial charge in [-0.2, -0.15) is 0 Å². The smallest absolute Gasteiger partial charge is 0.279 e. The lowest BCUT2D eigenvalue weighted by atomic mass is 10.0. The first-order chi connectivity index (χ1) is 11.0. The molecule has 0 spiro atoms. The molecule has 12 heteroatoms. The summed E-state index contributed by atoms with van der Waals surface area (Å²) >= 11 is 0. The Bertz CT molecular complexity index is 919. The van der Waals surface area contributed by atoms with Crippen LogP contribution >= 0.6 is 15.2 Å². The number of rotatable bonds is 4. The van der Waals surface area contributed by atoms with E-state index in [4.69, 9.17) is 22.0 Å². The van der Waals surface area contributed by atoms with Crippen molar-refractivity contribution < 1.29 is 18.7 Å². The van der Waals surface area contributed by atoms with E-state index in [0.29, 0.717) is 10.8 Å². The molecule has 2 rings (SSSR count). The second-order valence-electron chi connectivity index (χ2n) is 5.04. The zero-order chi connectivity index (χ0) is 18.1. The van der Waals surface area contributed by atoms with Crippen LogP contribution in [0.5, 0.6) is 0 Å². The second-order valence-corrected chi connectivity index (χ2v) is 8.33. The number of nitrogens with two attached hydrogens (primary N) is 4. The molecule has 0 saturated carbocycles. The van der Waals surface area contributed by atoms with Gasteiger partial charge in [-0.3, -0.25) is 50.9 Å². The van der Waals surface area contributed by atoms with E-state index in [0.717, 1.165) is 0 Å². The third kappa shape index (κ3) is 4.72. The highest BCUT2D eigenvalue weighted by atomic mass is 31.2. The van der Waals surface area contributed by atoms with Gasteiger partial charge in [0.2, 0.25) is 0 Å². The van der Waals surface area contributed by atoms with E-state index in [1.54, 1.807) is 12.1 Å². The molecule has 0 heterocycles. The lowest BCUT2D eigenvalue weighted by Crippen LogP contribution is -2.29. The van der Waals surface area contributed by atoms with Crippen molar-refractivity contribution in [2.75, 3.05) is 0 Å². The molecule has 0 saturated heterocycles.